The van der Waals surface area contributed by atoms with Crippen LogP contribution in [0.1, 0.15) is 39.5 Å². The zero-order chi connectivity index (χ0) is 29.6. The molecule has 11 heteroatoms. The minimum Gasteiger partial charge on any atom is -0.481 e. The van der Waals surface area contributed by atoms with Crippen molar-refractivity contribution in [2.45, 2.75) is 25.9 Å². The summed E-state index contributed by atoms with van der Waals surface area (Å²) in [5, 5.41) is 17.4. The summed E-state index contributed by atoms with van der Waals surface area (Å²) in [5.41, 5.74) is 2.98. The van der Waals surface area contributed by atoms with Gasteiger partial charge in [-0.05, 0) is 66.1 Å². The molecule has 0 radical (unpaired) electrons. The van der Waals surface area contributed by atoms with E-state index in [2.05, 4.69) is 16.0 Å². The number of aromatic nitrogens is 1. The maximum atomic E-state index is 13.1. The lowest BCUT2D eigenvalue weighted by molar-refractivity contribution is -0.137. The molecule has 3 aromatic carbocycles. The Morgan fingerprint density at radius 3 is 2.45 bits per heavy atom. The third-order valence-electron chi connectivity index (χ3n) is 6.71. The van der Waals surface area contributed by atoms with Crippen molar-refractivity contribution in [2.24, 2.45) is 0 Å². The number of carbonyl (C=O) groups is 3. The van der Waals surface area contributed by atoms with Crippen molar-refractivity contribution in [3.63, 3.8) is 0 Å². The van der Waals surface area contributed by atoms with Crippen LogP contribution in [0, 0.1) is 6.92 Å². The molecule has 42 heavy (non-hydrogen) atoms. The monoisotopic (exact) mass is 568 g/mol. The lowest BCUT2D eigenvalue weighted by Crippen LogP contribution is -2.36. The number of amides is 3. The molecule has 1 aliphatic heterocycles. The van der Waals surface area contributed by atoms with E-state index in [4.69, 9.17) is 9.47 Å². The Bertz CT molecular complexity index is 1700. The molecule has 2 heterocycles. The molecule has 214 valence electrons. The predicted octanol–water partition coefficient (Wildman–Crippen LogP) is 4.52. The summed E-state index contributed by atoms with van der Waals surface area (Å²) < 4.78 is 12.1. The Morgan fingerprint density at radius 1 is 0.929 bits per heavy atom. The van der Waals surface area contributed by atoms with E-state index in [0.717, 1.165) is 11.1 Å². The van der Waals surface area contributed by atoms with Gasteiger partial charge in [0, 0.05) is 17.4 Å². The van der Waals surface area contributed by atoms with Crippen LogP contribution in [-0.2, 0) is 11.3 Å². The van der Waals surface area contributed by atoms with Gasteiger partial charge in [0.2, 0.25) is 6.79 Å². The van der Waals surface area contributed by atoms with Gasteiger partial charge in [-0.3, -0.25) is 14.4 Å². The topological polar surface area (TPSA) is 148 Å². The molecule has 0 aliphatic carbocycles. The standard InChI is InChI=1S/C31H28N4O7/c1-19-5-2-3-6-23(19)29(38)32-22-11-8-20(9-12-22)17-35-14-4-7-24(30(35)39)33-31(40)34-25(16-28(36)37)21-10-13-26-27(15-21)42-18-41-26/h2-15,25H,16-18H2,1H3,(H,32,38)(H,36,37)(H2,33,34,40)/t25-/m0/s1. The van der Waals surface area contributed by atoms with Gasteiger partial charge in [0.15, 0.2) is 11.5 Å². The van der Waals surface area contributed by atoms with Crippen LogP contribution >= 0.6 is 0 Å². The number of anilines is 2. The van der Waals surface area contributed by atoms with Crippen molar-refractivity contribution >= 4 is 29.3 Å². The number of aryl methyl sites for hydroxylation is 1. The number of nitrogens with zero attached hydrogens (tertiary/aromatic N) is 1. The fourth-order valence-corrected chi connectivity index (χ4v) is 4.55. The van der Waals surface area contributed by atoms with Crippen LogP contribution in [0.2, 0.25) is 0 Å². The number of pyridine rings is 1. The molecular weight excluding hydrogens is 540 g/mol. The molecule has 0 unspecified atom stereocenters. The first-order valence-corrected chi connectivity index (χ1v) is 13.1. The van der Waals surface area contributed by atoms with E-state index in [9.17, 15) is 24.3 Å². The van der Waals surface area contributed by atoms with E-state index in [1.54, 1.807) is 60.8 Å². The number of carboxylic acids is 1. The molecular formula is C31H28N4O7. The van der Waals surface area contributed by atoms with Crippen LogP contribution in [0.3, 0.4) is 0 Å². The van der Waals surface area contributed by atoms with Gasteiger partial charge >= 0.3 is 12.0 Å². The Hall–Kier alpha value is -5.58. The van der Waals surface area contributed by atoms with Crippen molar-refractivity contribution in [1.29, 1.82) is 0 Å². The Morgan fingerprint density at radius 2 is 1.69 bits per heavy atom. The van der Waals surface area contributed by atoms with Crippen LogP contribution in [0.4, 0.5) is 16.2 Å². The van der Waals surface area contributed by atoms with Gasteiger partial charge in [0.05, 0.1) is 19.0 Å². The number of ether oxygens (including phenoxy) is 2. The number of aliphatic carboxylic acids is 1. The Kier molecular flexibility index (Phi) is 8.19. The molecule has 3 amide bonds. The van der Waals surface area contributed by atoms with E-state index < -0.39 is 23.6 Å². The fraction of sp³-hybridized carbons (Fsp3) is 0.161. The van der Waals surface area contributed by atoms with E-state index in [1.165, 1.54) is 10.6 Å². The second-order valence-electron chi connectivity index (χ2n) is 9.68. The molecule has 0 fully saturated rings. The molecule has 0 spiro atoms. The molecule has 1 aliphatic rings. The van der Waals surface area contributed by atoms with Gasteiger partial charge < -0.3 is 35.1 Å². The SMILES string of the molecule is Cc1ccccc1C(=O)Nc1ccc(Cn2cccc(NC(=O)N[C@@H](CC(=O)O)c3ccc4c(c3)OCO4)c2=O)cc1. The Balaban J connectivity index is 1.24. The molecule has 1 aromatic heterocycles. The number of benzene rings is 3. The van der Waals surface area contributed by atoms with E-state index >= 15 is 0 Å². The summed E-state index contributed by atoms with van der Waals surface area (Å²) in [7, 11) is 0. The molecule has 0 saturated heterocycles. The zero-order valence-electron chi connectivity index (χ0n) is 22.6. The second-order valence-corrected chi connectivity index (χ2v) is 9.68. The normalized spacial score (nSPS) is 12.3. The van der Waals surface area contributed by atoms with Crippen LogP contribution in [-0.4, -0.2) is 34.4 Å². The maximum Gasteiger partial charge on any atom is 0.319 e. The summed E-state index contributed by atoms with van der Waals surface area (Å²) in [5.74, 6) is -0.333. The van der Waals surface area contributed by atoms with Crippen molar-refractivity contribution < 1.29 is 29.0 Å². The largest absolute Gasteiger partial charge is 0.481 e. The van der Waals surface area contributed by atoms with Crippen LogP contribution in [0.15, 0.2) is 89.9 Å². The number of rotatable bonds is 9. The van der Waals surface area contributed by atoms with Gasteiger partial charge in [-0.1, -0.05) is 36.4 Å². The number of fused-ring (bicyclic) bond motifs is 1. The number of carbonyl (C=O) groups excluding carboxylic acids is 2. The second kappa shape index (κ2) is 12.3. The van der Waals surface area contributed by atoms with E-state index in [0.29, 0.717) is 28.3 Å². The van der Waals surface area contributed by atoms with Crippen molar-refractivity contribution in [3.05, 3.63) is 118 Å². The van der Waals surface area contributed by atoms with Crippen molar-refractivity contribution in [3.8, 4) is 11.5 Å². The summed E-state index contributed by atoms with van der Waals surface area (Å²) in [6.45, 7) is 2.15. The third-order valence-corrected chi connectivity index (χ3v) is 6.71. The Labute approximate surface area is 240 Å². The van der Waals surface area contributed by atoms with E-state index in [-0.39, 0.29) is 31.4 Å². The molecule has 1 atom stereocenters. The molecule has 4 aromatic rings. The smallest absolute Gasteiger partial charge is 0.319 e. The third kappa shape index (κ3) is 6.58. The molecule has 5 rings (SSSR count). The van der Waals surface area contributed by atoms with Gasteiger partial charge in [0.25, 0.3) is 11.5 Å². The minimum absolute atomic E-state index is 0.0249. The van der Waals surface area contributed by atoms with Gasteiger partial charge in [0.1, 0.15) is 5.69 Å². The van der Waals surface area contributed by atoms with Crippen molar-refractivity contribution in [1.82, 2.24) is 9.88 Å². The minimum atomic E-state index is -1.11. The maximum absolute atomic E-state index is 13.1. The lowest BCUT2D eigenvalue weighted by atomic mass is 10.0. The molecule has 11 nitrogen and oxygen atoms in total. The summed E-state index contributed by atoms with van der Waals surface area (Å²) in [6.07, 6.45) is 1.21. The first kappa shape index (κ1) is 28.0. The first-order chi connectivity index (χ1) is 20.3. The van der Waals surface area contributed by atoms with Gasteiger partial charge in [-0.15, -0.1) is 0 Å². The number of hydrogen-bond acceptors (Lipinski definition) is 6. The highest BCUT2D eigenvalue weighted by molar-refractivity contribution is 6.05. The van der Waals surface area contributed by atoms with Crippen molar-refractivity contribution in [2.75, 3.05) is 17.4 Å². The van der Waals surface area contributed by atoms with Crippen LogP contribution in [0.25, 0.3) is 0 Å². The molecule has 0 bridgehead atoms. The highest BCUT2D eigenvalue weighted by Crippen LogP contribution is 2.34. The number of nitrogens with one attached hydrogen (secondary N) is 3. The molecule has 4 N–H and O–H groups in total. The average Bonchev–Trinajstić information content (AvgIpc) is 3.44. The summed E-state index contributed by atoms with van der Waals surface area (Å²) >= 11 is 0. The summed E-state index contributed by atoms with van der Waals surface area (Å²) in [4.78, 5) is 50.0. The highest BCUT2D eigenvalue weighted by Gasteiger charge is 2.22. The highest BCUT2D eigenvalue weighted by atomic mass is 16.7. The molecule has 0 saturated carbocycles. The predicted molar refractivity (Wildman–Crippen MR) is 155 cm³/mol. The van der Waals surface area contributed by atoms with Gasteiger partial charge in [-0.2, -0.15) is 0 Å². The van der Waals surface area contributed by atoms with Crippen LogP contribution < -0.4 is 31.0 Å². The lowest BCUT2D eigenvalue weighted by Gasteiger charge is -2.18. The van der Waals surface area contributed by atoms with E-state index in [1.807, 2.05) is 25.1 Å². The van der Waals surface area contributed by atoms with Crippen LogP contribution in [0.5, 0.6) is 11.5 Å². The fourth-order valence-electron chi connectivity index (χ4n) is 4.55. The average molecular weight is 569 g/mol. The summed E-state index contributed by atoms with van der Waals surface area (Å²) in [6, 6.07) is 20.8. The zero-order valence-corrected chi connectivity index (χ0v) is 22.6. The quantitative estimate of drug-likeness (QED) is 0.232. The number of carboxylic acid groups (broad SMARTS) is 1. The first-order valence-electron chi connectivity index (χ1n) is 13.1. The number of hydrogen-bond donors (Lipinski definition) is 4. The van der Waals surface area contributed by atoms with Gasteiger partial charge in [-0.25, -0.2) is 4.79 Å². The number of urea groups is 1.